The van der Waals surface area contributed by atoms with Gasteiger partial charge < -0.3 is 15.4 Å². The molecule has 0 fully saturated rings. The summed E-state index contributed by atoms with van der Waals surface area (Å²) < 4.78 is 5.36. The third-order valence-corrected chi connectivity index (χ3v) is 3.56. The van der Waals surface area contributed by atoms with E-state index in [2.05, 4.69) is 10.6 Å². The number of anilines is 2. The molecule has 0 unspecified atom stereocenters. The molecule has 0 heterocycles. The van der Waals surface area contributed by atoms with E-state index < -0.39 is 0 Å². The second-order valence-electron chi connectivity index (χ2n) is 5.40. The highest BCUT2D eigenvalue weighted by atomic mass is 35.5. The van der Waals surface area contributed by atoms with Gasteiger partial charge in [-0.05, 0) is 42.8 Å². The van der Waals surface area contributed by atoms with Crippen LogP contribution >= 0.6 is 11.6 Å². The number of carbonyl (C=O) groups is 2. The van der Waals surface area contributed by atoms with Crippen molar-refractivity contribution in [2.75, 3.05) is 17.7 Å². The average Bonchev–Trinajstić information content (AvgIpc) is 2.46. The van der Waals surface area contributed by atoms with Crippen LogP contribution < -0.4 is 15.4 Å². The van der Waals surface area contributed by atoms with E-state index in [1.54, 1.807) is 43.5 Å². The summed E-state index contributed by atoms with van der Waals surface area (Å²) in [7, 11) is 1.56. The Morgan fingerprint density at radius 3 is 2.42 bits per heavy atom. The zero-order valence-electron chi connectivity index (χ0n) is 13.8. The average molecular weight is 347 g/mol. The fourth-order valence-corrected chi connectivity index (χ4v) is 2.77. The van der Waals surface area contributed by atoms with Crippen LogP contribution in [-0.2, 0) is 16.0 Å². The summed E-state index contributed by atoms with van der Waals surface area (Å²) in [5, 5.41) is 6.04. The normalized spacial score (nSPS) is 10.2. The van der Waals surface area contributed by atoms with Gasteiger partial charge >= 0.3 is 0 Å². The molecule has 2 rings (SSSR count). The molecule has 24 heavy (non-hydrogen) atoms. The molecule has 2 aromatic rings. The molecule has 6 heteroatoms. The standard InChI is InChI=1S/C18H19ClN2O3/c1-11-7-14(19)8-13(18(11)24-3)9-17(23)21-16-6-4-5-15(10-16)20-12(2)22/h4-8,10H,9H2,1-3H3,(H,20,22)(H,21,23). The lowest BCUT2D eigenvalue weighted by Gasteiger charge is -2.13. The lowest BCUT2D eigenvalue weighted by atomic mass is 10.1. The van der Waals surface area contributed by atoms with Crippen LogP contribution in [0.3, 0.4) is 0 Å². The van der Waals surface area contributed by atoms with Crippen molar-refractivity contribution in [2.24, 2.45) is 0 Å². The predicted molar refractivity (Wildman–Crippen MR) is 95.8 cm³/mol. The Kier molecular flexibility index (Phi) is 5.82. The van der Waals surface area contributed by atoms with Crippen molar-refractivity contribution in [3.05, 3.63) is 52.5 Å². The predicted octanol–water partition coefficient (Wildman–Crippen LogP) is 3.80. The van der Waals surface area contributed by atoms with Crippen molar-refractivity contribution in [1.82, 2.24) is 0 Å². The van der Waals surface area contributed by atoms with Gasteiger partial charge in [-0.15, -0.1) is 0 Å². The third kappa shape index (κ3) is 4.73. The minimum atomic E-state index is -0.199. The zero-order chi connectivity index (χ0) is 17.7. The molecule has 0 aliphatic carbocycles. The molecule has 126 valence electrons. The topological polar surface area (TPSA) is 67.4 Å². The van der Waals surface area contributed by atoms with Crippen LogP contribution in [0.5, 0.6) is 5.75 Å². The summed E-state index contributed by atoms with van der Waals surface area (Å²) in [6.07, 6.45) is 0.134. The van der Waals surface area contributed by atoms with Crippen LogP contribution in [0.1, 0.15) is 18.1 Å². The van der Waals surface area contributed by atoms with Gasteiger partial charge in [-0.1, -0.05) is 17.7 Å². The summed E-state index contributed by atoms with van der Waals surface area (Å²) in [5.74, 6) is 0.286. The van der Waals surface area contributed by atoms with Crippen molar-refractivity contribution < 1.29 is 14.3 Å². The number of aryl methyl sites for hydroxylation is 1. The van der Waals surface area contributed by atoms with Gasteiger partial charge in [-0.25, -0.2) is 0 Å². The first kappa shape index (κ1) is 17.8. The molecule has 2 N–H and O–H groups in total. The Labute approximate surface area is 146 Å². The first-order valence-electron chi connectivity index (χ1n) is 7.39. The number of benzene rings is 2. The summed E-state index contributed by atoms with van der Waals surface area (Å²) >= 11 is 6.06. The molecule has 0 saturated heterocycles. The second kappa shape index (κ2) is 7.84. The number of nitrogens with one attached hydrogen (secondary N) is 2. The Morgan fingerprint density at radius 2 is 1.79 bits per heavy atom. The Hall–Kier alpha value is -2.53. The Morgan fingerprint density at radius 1 is 1.12 bits per heavy atom. The minimum absolute atomic E-state index is 0.134. The van der Waals surface area contributed by atoms with E-state index in [1.165, 1.54) is 6.92 Å². The van der Waals surface area contributed by atoms with Gasteiger partial charge in [0.1, 0.15) is 5.75 Å². The van der Waals surface area contributed by atoms with Crippen LogP contribution in [0.2, 0.25) is 5.02 Å². The monoisotopic (exact) mass is 346 g/mol. The van der Waals surface area contributed by atoms with Crippen molar-refractivity contribution in [3.63, 3.8) is 0 Å². The van der Waals surface area contributed by atoms with Gasteiger partial charge in [0.2, 0.25) is 11.8 Å². The van der Waals surface area contributed by atoms with Crippen molar-refractivity contribution in [2.45, 2.75) is 20.3 Å². The van der Waals surface area contributed by atoms with Crippen molar-refractivity contribution in [3.8, 4) is 5.75 Å². The molecule has 0 atom stereocenters. The molecule has 0 aliphatic heterocycles. The van der Waals surface area contributed by atoms with Crippen LogP contribution in [0.25, 0.3) is 0 Å². The van der Waals surface area contributed by atoms with E-state index in [0.717, 1.165) is 11.1 Å². The highest BCUT2D eigenvalue weighted by Crippen LogP contribution is 2.28. The van der Waals surface area contributed by atoms with Gasteiger partial charge in [0, 0.05) is 28.9 Å². The summed E-state index contributed by atoms with van der Waals surface area (Å²) in [6, 6.07) is 10.5. The number of halogens is 1. The van der Waals surface area contributed by atoms with Crippen LogP contribution in [0.4, 0.5) is 11.4 Å². The fourth-order valence-electron chi connectivity index (χ4n) is 2.48. The molecule has 0 aliphatic rings. The number of rotatable bonds is 5. The number of hydrogen-bond donors (Lipinski definition) is 2. The molecular formula is C18H19ClN2O3. The first-order chi connectivity index (χ1) is 11.4. The van der Waals surface area contributed by atoms with Gasteiger partial charge in [0.25, 0.3) is 0 Å². The maximum absolute atomic E-state index is 12.3. The maximum atomic E-state index is 12.3. The first-order valence-corrected chi connectivity index (χ1v) is 7.77. The molecule has 2 aromatic carbocycles. The molecule has 5 nitrogen and oxygen atoms in total. The van der Waals surface area contributed by atoms with Crippen LogP contribution in [0.15, 0.2) is 36.4 Å². The van der Waals surface area contributed by atoms with E-state index in [-0.39, 0.29) is 18.2 Å². The van der Waals surface area contributed by atoms with Gasteiger partial charge in [-0.3, -0.25) is 9.59 Å². The van der Waals surface area contributed by atoms with Crippen LogP contribution in [0, 0.1) is 6.92 Å². The molecule has 0 aromatic heterocycles. The van der Waals surface area contributed by atoms with Crippen LogP contribution in [-0.4, -0.2) is 18.9 Å². The summed E-state index contributed by atoms with van der Waals surface area (Å²) in [6.45, 7) is 3.31. The molecule has 0 radical (unpaired) electrons. The van der Waals surface area contributed by atoms with Crippen molar-refractivity contribution in [1.29, 1.82) is 0 Å². The van der Waals surface area contributed by atoms with Crippen molar-refractivity contribution >= 4 is 34.8 Å². The highest BCUT2D eigenvalue weighted by Gasteiger charge is 2.13. The number of hydrogen-bond acceptors (Lipinski definition) is 3. The smallest absolute Gasteiger partial charge is 0.228 e. The van der Waals surface area contributed by atoms with E-state index in [1.807, 2.05) is 6.92 Å². The summed E-state index contributed by atoms with van der Waals surface area (Å²) in [4.78, 5) is 23.4. The minimum Gasteiger partial charge on any atom is -0.496 e. The number of amides is 2. The van der Waals surface area contributed by atoms with E-state index in [9.17, 15) is 9.59 Å². The van der Waals surface area contributed by atoms with Gasteiger partial charge in [0.15, 0.2) is 0 Å². The third-order valence-electron chi connectivity index (χ3n) is 3.34. The second-order valence-corrected chi connectivity index (χ2v) is 5.84. The fraction of sp³-hybridized carbons (Fsp3) is 0.222. The number of carbonyl (C=O) groups excluding carboxylic acids is 2. The maximum Gasteiger partial charge on any atom is 0.228 e. The lowest BCUT2D eigenvalue weighted by Crippen LogP contribution is -2.15. The van der Waals surface area contributed by atoms with Gasteiger partial charge in [-0.2, -0.15) is 0 Å². The molecule has 0 spiro atoms. The highest BCUT2D eigenvalue weighted by molar-refractivity contribution is 6.30. The van der Waals surface area contributed by atoms with E-state index in [0.29, 0.717) is 22.1 Å². The van der Waals surface area contributed by atoms with Gasteiger partial charge in [0.05, 0.1) is 13.5 Å². The SMILES string of the molecule is COc1c(C)cc(Cl)cc1CC(=O)Nc1cccc(NC(C)=O)c1. The number of ether oxygens (including phenoxy) is 1. The van der Waals surface area contributed by atoms with E-state index in [4.69, 9.17) is 16.3 Å². The molecule has 0 saturated carbocycles. The molecule has 2 amide bonds. The summed E-state index contributed by atoms with van der Waals surface area (Å²) in [5.41, 5.74) is 2.82. The van der Waals surface area contributed by atoms with E-state index >= 15 is 0 Å². The lowest BCUT2D eigenvalue weighted by molar-refractivity contribution is -0.116. The molecular weight excluding hydrogens is 328 g/mol. The zero-order valence-corrected chi connectivity index (χ0v) is 14.5. The molecule has 0 bridgehead atoms. The largest absolute Gasteiger partial charge is 0.496 e. The number of methoxy groups -OCH3 is 1. The Bertz CT molecular complexity index is 775. The quantitative estimate of drug-likeness (QED) is 0.865. The Balaban J connectivity index is 2.13.